The second-order valence-electron chi connectivity index (χ2n) is 4.30. The van der Waals surface area contributed by atoms with E-state index in [1.807, 2.05) is 0 Å². The maximum atomic E-state index is 12.7. The molecule has 0 saturated carbocycles. The molecule has 2 aromatic carbocycles. The molecule has 2 aromatic rings. The quantitative estimate of drug-likeness (QED) is 0.628. The number of halogens is 3. The zero-order chi connectivity index (χ0) is 16.5. The number of hydrogen-bond acceptors (Lipinski definition) is 4. The zero-order valence-corrected chi connectivity index (χ0v) is 10.7. The van der Waals surface area contributed by atoms with Crippen LogP contribution >= 0.6 is 0 Å². The van der Waals surface area contributed by atoms with E-state index in [1.54, 1.807) is 0 Å². The number of nitro benzene ring substituents is 2. The van der Waals surface area contributed by atoms with E-state index in [4.69, 9.17) is 0 Å². The molecule has 0 radical (unpaired) electrons. The summed E-state index contributed by atoms with van der Waals surface area (Å²) in [5.41, 5.74) is -2.25. The Labute approximate surface area is 121 Å². The molecule has 22 heavy (non-hydrogen) atoms. The molecule has 0 aliphatic heterocycles. The molecule has 9 heteroatoms. The van der Waals surface area contributed by atoms with Crippen molar-refractivity contribution >= 4 is 11.4 Å². The lowest BCUT2D eigenvalue weighted by molar-refractivity contribution is -0.422. The number of nitrogens with zero attached hydrogens (tertiary/aromatic N) is 2. The van der Waals surface area contributed by atoms with Crippen molar-refractivity contribution in [3.8, 4) is 11.1 Å². The Morgan fingerprint density at radius 3 is 1.95 bits per heavy atom. The van der Waals surface area contributed by atoms with E-state index in [0.717, 1.165) is 30.3 Å². The van der Waals surface area contributed by atoms with Gasteiger partial charge < -0.3 is 0 Å². The van der Waals surface area contributed by atoms with E-state index in [-0.39, 0.29) is 11.1 Å². The van der Waals surface area contributed by atoms with Crippen LogP contribution in [0.2, 0.25) is 0 Å². The molecule has 0 spiro atoms. The molecule has 0 fully saturated rings. The van der Waals surface area contributed by atoms with Gasteiger partial charge in [-0.15, -0.1) is 0 Å². The van der Waals surface area contributed by atoms with Crippen molar-refractivity contribution in [2.75, 3.05) is 0 Å². The summed E-state index contributed by atoms with van der Waals surface area (Å²) in [4.78, 5) is 19.7. The molecular formula is C13H7F3N2O4. The Balaban J connectivity index is 2.57. The Kier molecular flexibility index (Phi) is 3.81. The minimum atomic E-state index is -4.55. The summed E-state index contributed by atoms with van der Waals surface area (Å²) in [6, 6.07) is 7.13. The van der Waals surface area contributed by atoms with Crippen LogP contribution in [0.5, 0.6) is 0 Å². The van der Waals surface area contributed by atoms with Gasteiger partial charge in [0.2, 0.25) is 0 Å². The van der Waals surface area contributed by atoms with Crippen LogP contribution in [0.4, 0.5) is 24.5 Å². The number of alkyl halides is 3. The highest BCUT2D eigenvalue weighted by Crippen LogP contribution is 2.35. The molecule has 0 N–H and O–H groups in total. The van der Waals surface area contributed by atoms with Gasteiger partial charge in [-0.25, -0.2) is 0 Å². The minimum Gasteiger partial charge on any atom is -0.258 e. The van der Waals surface area contributed by atoms with Gasteiger partial charge in [0.05, 0.1) is 15.4 Å². The average Bonchev–Trinajstić information content (AvgIpc) is 2.45. The van der Waals surface area contributed by atoms with Gasteiger partial charge >= 0.3 is 17.6 Å². The van der Waals surface area contributed by atoms with Crippen LogP contribution in [0, 0.1) is 20.2 Å². The van der Waals surface area contributed by atoms with Crippen LogP contribution in [-0.4, -0.2) is 9.85 Å². The van der Waals surface area contributed by atoms with E-state index in [9.17, 15) is 33.4 Å². The van der Waals surface area contributed by atoms with Crippen LogP contribution in [-0.2, 0) is 6.18 Å². The first-order chi connectivity index (χ1) is 10.2. The molecule has 0 aromatic heterocycles. The molecule has 6 nitrogen and oxygen atoms in total. The first kappa shape index (κ1) is 15.4. The van der Waals surface area contributed by atoms with Crippen LogP contribution in [0.1, 0.15) is 5.56 Å². The van der Waals surface area contributed by atoms with Gasteiger partial charge in [-0.05, 0) is 29.3 Å². The van der Waals surface area contributed by atoms with Gasteiger partial charge in [0.25, 0.3) is 0 Å². The standard InChI is InChI=1S/C13H7F3N2O4/c14-13(15,16)10-3-1-2-8(6-10)9-4-5-11(17(19)20)12(7-9)18(21)22/h1-7H. The highest BCUT2D eigenvalue weighted by molar-refractivity contribution is 5.71. The smallest absolute Gasteiger partial charge is 0.258 e. The van der Waals surface area contributed by atoms with Crippen molar-refractivity contribution in [1.29, 1.82) is 0 Å². The normalized spacial score (nSPS) is 11.2. The molecule has 0 aliphatic carbocycles. The van der Waals surface area contributed by atoms with E-state index >= 15 is 0 Å². The maximum absolute atomic E-state index is 12.7. The van der Waals surface area contributed by atoms with Gasteiger partial charge in [-0.2, -0.15) is 13.2 Å². The molecule has 0 aliphatic rings. The Morgan fingerprint density at radius 1 is 0.818 bits per heavy atom. The van der Waals surface area contributed by atoms with Gasteiger partial charge in [-0.3, -0.25) is 20.2 Å². The molecule has 0 bridgehead atoms. The molecule has 0 atom stereocenters. The molecule has 2 rings (SSSR count). The molecule has 0 amide bonds. The van der Waals surface area contributed by atoms with E-state index < -0.39 is 33.0 Å². The van der Waals surface area contributed by atoms with Crippen LogP contribution < -0.4 is 0 Å². The minimum absolute atomic E-state index is 0.0767. The van der Waals surface area contributed by atoms with Crippen molar-refractivity contribution in [1.82, 2.24) is 0 Å². The third-order valence-electron chi connectivity index (χ3n) is 2.89. The lowest BCUT2D eigenvalue weighted by atomic mass is 10.0. The van der Waals surface area contributed by atoms with Gasteiger partial charge in [-0.1, -0.05) is 12.1 Å². The summed E-state index contributed by atoms with van der Waals surface area (Å²) in [5.74, 6) is 0. The summed E-state index contributed by atoms with van der Waals surface area (Å²) in [5, 5.41) is 21.6. The second kappa shape index (κ2) is 5.43. The lowest BCUT2D eigenvalue weighted by Crippen LogP contribution is -2.04. The van der Waals surface area contributed by atoms with Crippen molar-refractivity contribution < 1.29 is 23.0 Å². The summed E-state index contributed by atoms with van der Waals surface area (Å²) < 4.78 is 38.0. The van der Waals surface area contributed by atoms with Gasteiger partial charge in [0, 0.05) is 12.1 Å². The number of hydrogen-bond donors (Lipinski definition) is 0. The fourth-order valence-electron chi connectivity index (χ4n) is 1.88. The first-order valence-electron chi connectivity index (χ1n) is 5.80. The van der Waals surface area contributed by atoms with E-state index in [1.165, 1.54) is 12.1 Å². The predicted octanol–water partition coefficient (Wildman–Crippen LogP) is 4.19. The molecule has 0 saturated heterocycles. The molecule has 114 valence electrons. The summed E-state index contributed by atoms with van der Waals surface area (Å²) in [7, 11) is 0. The van der Waals surface area contributed by atoms with Gasteiger partial charge in [0.15, 0.2) is 0 Å². The number of rotatable bonds is 3. The highest BCUT2D eigenvalue weighted by atomic mass is 19.4. The highest BCUT2D eigenvalue weighted by Gasteiger charge is 2.31. The third kappa shape index (κ3) is 3.03. The fraction of sp³-hybridized carbons (Fsp3) is 0.0769. The first-order valence-corrected chi connectivity index (χ1v) is 5.80. The Morgan fingerprint density at radius 2 is 1.41 bits per heavy atom. The zero-order valence-electron chi connectivity index (χ0n) is 10.7. The second-order valence-corrected chi connectivity index (χ2v) is 4.30. The Bertz CT molecular complexity index is 759. The van der Waals surface area contributed by atoms with Crippen molar-refractivity contribution in [2.24, 2.45) is 0 Å². The summed E-state index contributed by atoms with van der Waals surface area (Å²) >= 11 is 0. The summed E-state index contributed by atoms with van der Waals surface area (Å²) in [6.07, 6.45) is -4.55. The van der Waals surface area contributed by atoms with Crippen LogP contribution in [0.25, 0.3) is 11.1 Å². The van der Waals surface area contributed by atoms with Crippen molar-refractivity contribution in [2.45, 2.75) is 6.18 Å². The van der Waals surface area contributed by atoms with E-state index in [2.05, 4.69) is 0 Å². The number of nitro groups is 2. The average molecular weight is 312 g/mol. The van der Waals surface area contributed by atoms with Crippen LogP contribution in [0.3, 0.4) is 0 Å². The van der Waals surface area contributed by atoms with E-state index in [0.29, 0.717) is 0 Å². The lowest BCUT2D eigenvalue weighted by Gasteiger charge is -2.08. The maximum Gasteiger partial charge on any atom is 0.416 e. The van der Waals surface area contributed by atoms with Crippen molar-refractivity contribution in [3.63, 3.8) is 0 Å². The monoisotopic (exact) mass is 312 g/mol. The van der Waals surface area contributed by atoms with Crippen molar-refractivity contribution in [3.05, 3.63) is 68.3 Å². The third-order valence-corrected chi connectivity index (χ3v) is 2.89. The predicted molar refractivity (Wildman–Crippen MR) is 70.2 cm³/mol. The Hall–Kier alpha value is -2.97. The fourth-order valence-corrected chi connectivity index (χ4v) is 1.88. The van der Waals surface area contributed by atoms with Gasteiger partial charge in [0.1, 0.15) is 0 Å². The molecule has 0 unspecified atom stereocenters. The summed E-state index contributed by atoms with van der Waals surface area (Å²) in [6.45, 7) is 0. The molecule has 0 heterocycles. The number of benzene rings is 2. The largest absolute Gasteiger partial charge is 0.416 e. The SMILES string of the molecule is O=[N+]([O-])c1ccc(-c2cccc(C(F)(F)F)c2)cc1[N+](=O)[O-]. The molecular weight excluding hydrogens is 305 g/mol. The topological polar surface area (TPSA) is 86.3 Å². The van der Waals surface area contributed by atoms with Crippen LogP contribution in [0.15, 0.2) is 42.5 Å².